The fraction of sp³-hybridized carbons (Fsp3) is 0. The van der Waals surface area contributed by atoms with Crippen molar-refractivity contribution in [1.29, 1.82) is 0 Å². The number of benzene rings is 8. The van der Waals surface area contributed by atoms with E-state index in [1.54, 1.807) is 0 Å². The Morgan fingerprint density at radius 2 is 1.13 bits per heavy atom. The van der Waals surface area contributed by atoms with E-state index in [1.807, 2.05) is 11.3 Å². The molecule has 8 aromatic carbocycles. The lowest BCUT2D eigenvalue weighted by atomic mass is 10.0. The molecule has 0 aliphatic heterocycles. The molecule has 3 nitrogen and oxygen atoms in total. The molecule has 0 unspecified atom stereocenters. The van der Waals surface area contributed by atoms with Crippen LogP contribution in [0.2, 0.25) is 0 Å². The lowest BCUT2D eigenvalue weighted by Crippen LogP contribution is -2.00. The molecule has 4 aromatic heterocycles. The van der Waals surface area contributed by atoms with Gasteiger partial charge in [-0.05, 0) is 70.4 Å². The van der Waals surface area contributed by atoms with Crippen LogP contribution in [0, 0.1) is 0 Å². The van der Waals surface area contributed by atoms with Gasteiger partial charge >= 0.3 is 0 Å². The number of nitrogens with zero attached hydrogens (tertiary/aromatic N) is 3. The van der Waals surface area contributed by atoms with Crippen LogP contribution in [0.3, 0.4) is 0 Å². The van der Waals surface area contributed by atoms with Gasteiger partial charge in [-0.25, -0.2) is 4.98 Å². The molecule has 0 spiro atoms. The number of hydrogen-bond donors (Lipinski definition) is 0. The van der Waals surface area contributed by atoms with Crippen molar-refractivity contribution in [3.05, 3.63) is 176 Å². The number of pyridine rings is 1. The summed E-state index contributed by atoms with van der Waals surface area (Å²) < 4.78 is 7.52. The van der Waals surface area contributed by atoms with Crippen molar-refractivity contribution in [3.8, 4) is 22.6 Å². The maximum absolute atomic E-state index is 5.41. The first kappa shape index (κ1) is 28.9. The highest BCUT2D eigenvalue weighted by molar-refractivity contribution is 7.26. The molecular formula is C49H29N3S. The SMILES string of the molecule is c1ccc(-c2cc(-n3c4cc5c(cc4c4c6ccccc6ccc43)c3ccc4c6ccccc6sc4c3n5-c3ccccc3)nc3ccccc23)cc1. The smallest absolute Gasteiger partial charge is 0.138 e. The summed E-state index contributed by atoms with van der Waals surface area (Å²) in [6.07, 6.45) is 0. The third-order valence-corrected chi connectivity index (χ3v) is 12.3. The van der Waals surface area contributed by atoms with Gasteiger partial charge in [-0.2, -0.15) is 0 Å². The highest BCUT2D eigenvalue weighted by Gasteiger charge is 2.23. The summed E-state index contributed by atoms with van der Waals surface area (Å²) >= 11 is 1.89. The normalized spacial score (nSPS) is 12.2. The highest BCUT2D eigenvalue weighted by Crippen LogP contribution is 2.46. The van der Waals surface area contributed by atoms with Gasteiger partial charge in [-0.1, -0.05) is 127 Å². The molecule has 0 N–H and O–H groups in total. The molecule has 0 saturated heterocycles. The topological polar surface area (TPSA) is 22.8 Å². The third kappa shape index (κ3) is 4.07. The van der Waals surface area contributed by atoms with E-state index in [1.165, 1.54) is 74.6 Å². The van der Waals surface area contributed by atoms with E-state index in [0.717, 1.165) is 33.4 Å². The zero-order valence-electron chi connectivity index (χ0n) is 28.5. The van der Waals surface area contributed by atoms with Gasteiger partial charge in [-0.15, -0.1) is 11.3 Å². The summed E-state index contributed by atoms with van der Waals surface area (Å²) in [5, 5.41) is 11.2. The minimum Gasteiger partial charge on any atom is -0.308 e. The molecule has 0 aliphatic carbocycles. The molecule has 0 saturated carbocycles. The second-order valence-corrected chi connectivity index (χ2v) is 15.0. The van der Waals surface area contributed by atoms with E-state index in [0.29, 0.717) is 0 Å². The average molecular weight is 692 g/mol. The quantitative estimate of drug-likeness (QED) is 0.181. The summed E-state index contributed by atoms with van der Waals surface area (Å²) in [6, 6.07) is 64.0. The Kier molecular flexibility index (Phi) is 5.93. The maximum Gasteiger partial charge on any atom is 0.138 e. The van der Waals surface area contributed by atoms with Crippen LogP contribution in [0.4, 0.5) is 0 Å². The van der Waals surface area contributed by atoms with Crippen LogP contribution in [-0.4, -0.2) is 14.1 Å². The maximum atomic E-state index is 5.41. The first-order valence-electron chi connectivity index (χ1n) is 18.1. The molecule has 0 radical (unpaired) electrons. The van der Waals surface area contributed by atoms with Crippen LogP contribution in [0.15, 0.2) is 176 Å². The molecule has 12 rings (SSSR count). The molecule has 53 heavy (non-hydrogen) atoms. The van der Waals surface area contributed by atoms with Crippen molar-refractivity contribution in [2.45, 2.75) is 0 Å². The van der Waals surface area contributed by atoms with Gasteiger partial charge in [-0.3, -0.25) is 4.57 Å². The first-order chi connectivity index (χ1) is 26.3. The number of aromatic nitrogens is 3. The van der Waals surface area contributed by atoms with Gasteiger partial charge in [0.1, 0.15) is 5.82 Å². The summed E-state index contributed by atoms with van der Waals surface area (Å²) in [5.74, 6) is 0.909. The van der Waals surface area contributed by atoms with E-state index in [-0.39, 0.29) is 0 Å². The lowest BCUT2D eigenvalue weighted by molar-refractivity contribution is 1.10. The molecular weight excluding hydrogens is 663 g/mol. The van der Waals surface area contributed by atoms with Gasteiger partial charge in [0, 0.05) is 48.1 Å². The van der Waals surface area contributed by atoms with E-state index in [9.17, 15) is 0 Å². The Morgan fingerprint density at radius 1 is 0.434 bits per heavy atom. The Labute approximate surface area is 308 Å². The van der Waals surface area contributed by atoms with Crippen LogP contribution in [0.5, 0.6) is 0 Å². The molecule has 0 atom stereocenters. The number of rotatable bonds is 3. The van der Waals surface area contributed by atoms with Crippen molar-refractivity contribution < 1.29 is 0 Å². The van der Waals surface area contributed by atoms with Gasteiger partial charge < -0.3 is 4.57 Å². The van der Waals surface area contributed by atoms with Crippen molar-refractivity contribution in [1.82, 2.24) is 14.1 Å². The standard InChI is InChI=1S/C49H29N3S/c1-3-13-30(14-4-1)38-28-46(50-41-21-11-9-19-34(38)41)52-42-26-23-31-15-7-8-18-33(31)47(42)40-27-39-36-24-25-37-35-20-10-12-22-45(35)53-49(37)48(36)51(43(39)29-44(40)52)32-16-5-2-6-17-32/h1-29H. The van der Waals surface area contributed by atoms with E-state index >= 15 is 0 Å². The van der Waals surface area contributed by atoms with Gasteiger partial charge in [0.05, 0.1) is 32.3 Å². The van der Waals surface area contributed by atoms with Crippen LogP contribution >= 0.6 is 11.3 Å². The van der Waals surface area contributed by atoms with Crippen molar-refractivity contribution >= 4 is 96.8 Å². The average Bonchev–Trinajstić information content (AvgIpc) is 3.87. The van der Waals surface area contributed by atoms with Crippen molar-refractivity contribution in [2.24, 2.45) is 0 Å². The predicted octanol–water partition coefficient (Wildman–Crippen LogP) is 13.6. The second kappa shape index (κ2) is 10.9. The molecule has 4 heterocycles. The van der Waals surface area contributed by atoms with Gasteiger partial charge in [0.2, 0.25) is 0 Å². The molecule has 246 valence electrons. The largest absolute Gasteiger partial charge is 0.308 e. The number of para-hydroxylation sites is 2. The van der Waals surface area contributed by atoms with Crippen molar-refractivity contribution in [3.63, 3.8) is 0 Å². The van der Waals surface area contributed by atoms with E-state index in [2.05, 4.69) is 185 Å². The third-order valence-electron chi connectivity index (χ3n) is 11.1. The fourth-order valence-corrected chi connectivity index (χ4v) is 10.0. The lowest BCUT2D eigenvalue weighted by Gasteiger charge is -2.13. The van der Waals surface area contributed by atoms with Gasteiger partial charge in [0.25, 0.3) is 0 Å². The van der Waals surface area contributed by atoms with Gasteiger partial charge in [0.15, 0.2) is 0 Å². The molecule has 0 bridgehead atoms. The minimum atomic E-state index is 0.909. The predicted molar refractivity (Wildman–Crippen MR) is 226 cm³/mol. The molecule has 4 heteroatoms. The Balaban J connectivity index is 1.29. The van der Waals surface area contributed by atoms with Crippen molar-refractivity contribution in [2.75, 3.05) is 0 Å². The number of hydrogen-bond acceptors (Lipinski definition) is 2. The Bertz CT molecular complexity index is 3440. The summed E-state index contributed by atoms with van der Waals surface area (Å²) in [5.41, 5.74) is 9.21. The molecule has 0 fully saturated rings. The molecule has 0 aliphatic rings. The fourth-order valence-electron chi connectivity index (χ4n) is 8.78. The van der Waals surface area contributed by atoms with E-state index < -0.39 is 0 Å². The summed E-state index contributed by atoms with van der Waals surface area (Å²) in [6.45, 7) is 0. The first-order valence-corrected chi connectivity index (χ1v) is 18.9. The van der Waals surface area contributed by atoms with Crippen LogP contribution in [0.1, 0.15) is 0 Å². The highest BCUT2D eigenvalue weighted by atomic mass is 32.1. The zero-order valence-corrected chi connectivity index (χ0v) is 29.3. The molecule has 12 aromatic rings. The van der Waals surface area contributed by atoms with E-state index in [4.69, 9.17) is 4.98 Å². The Morgan fingerprint density at radius 3 is 2.00 bits per heavy atom. The summed E-state index contributed by atoms with van der Waals surface area (Å²) in [4.78, 5) is 5.41. The Hall–Kier alpha value is -6.75. The van der Waals surface area contributed by atoms with Crippen LogP contribution in [-0.2, 0) is 0 Å². The number of fused-ring (bicyclic) bond motifs is 13. The second-order valence-electron chi connectivity index (χ2n) is 13.9. The number of thiophene rings is 1. The van der Waals surface area contributed by atoms with Crippen LogP contribution < -0.4 is 0 Å². The monoisotopic (exact) mass is 691 g/mol. The minimum absolute atomic E-state index is 0.909. The zero-order chi connectivity index (χ0) is 34.6. The van der Waals surface area contributed by atoms with Crippen LogP contribution in [0.25, 0.3) is 108 Å². The molecule has 0 amide bonds. The summed E-state index contributed by atoms with van der Waals surface area (Å²) in [7, 11) is 0.